The minimum atomic E-state index is -1.21. The minimum Gasteiger partial charge on any atom is -0.476 e. The Kier molecular flexibility index (Phi) is 9.06. The lowest BCUT2D eigenvalue weighted by atomic mass is 9.94. The number of aromatic carboxylic acids is 1. The number of fused-ring (bicyclic) bond motifs is 1. The van der Waals surface area contributed by atoms with E-state index in [0.717, 1.165) is 27.7 Å². The first-order valence-corrected chi connectivity index (χ1v) is 15.2. The van der Waals surface area contributed by atoms with Gasteiger partial charge in [0.25, 0.3) is 0 Å². The van der Waals surface area contributed by atoms with Crippen LogP contribution in [0.1, 0.15) is 52.1 Å². The molecule has 4 N–H and O–H groups in total. The predicted molar refractivity (Wildman–Crippen MR) is 170 cm³/mol. The Morgan fingerprint density at radius 1 is 0.913 bits per heavy atom. The summed E-state index contributed by atoms with van der Waals surface area (Å²) in [5.74, 6) is -1.94. The number of para-hydroxylation sites is 1. The van der Waals surface area contributed by atoms with E-state index < -0.39 is 24.1 Å². The number of hydrogen-bond acceptors (Lipinski definition) is 6. The zero-order valence-corrected chi connectivity index (χ0v) is 25.1. The maximum absolute atomic E-state index is 14.5. The van der Waals surface area contributed by atoms with Crippen molar-refractivity contribution in [3.8, 4) is 0 Å². The van der Waals surface area contributed by atoms with Gasteiger partial charge in [-0.25, -0.2) is 9.59 Å². The number of amides is 2. The lowest BCUT2D eigenvalue weighted by Gasteiger charge is -2.45. The van der Waals surface area contributed by atoms with Gasteiger partial charge in [0.05, 0.1) is 18.2 Å². The van der Waals surface area contributed by atoms with Gasteiger partial charge < -0.3 is 20.1 Å². The molecule has 6 rings (SSSR count). The number of carbonyl (C=O) groups excluding carboxylic acids is 1. The summed E-state index contributed by atoms with van der Waals surface area (Å²) in [7, 11) is 0. The molecule has 0 spiro atoms. The van der Waals surface area contributed by atoms with Crippen LogP contribution in [0.25, 0.3) is 10.9 Å². The number of aryl methyl sites for hydroxylation is 1. The number of rotatable bonds is 11. The first-order valence-electron chi connectivity index (χ1n) is 15.2. The van der Waals surface area contributed by atoms with Crippen LogP contribution in [-0.4, -0.2) is 83.8 Å². The molecule has 12 heteroatoms. The molecule has 0 bridgehead atoms. The van der Waals surface area contributed by atoms with Crippen LogP contribution >= 0.6 is 0 Å². The second-order valence-corrected chi connectivity index (χ2v) is 11.4. The van der Waals surface area contributed by atoms with Gasteiger partial charge in [0.1, 0.15) is 6.17 Å². The highest BCUT2D eigenvalue weighted by molar-refractivity contribution is 5.88. The first-order chi connectivity index (χ1) is 22.4. The van der Waals surface area contributed by atoms with Crippen LogP contribution in [0, 0.1) is 0 Å². The van der Waals surface area contributed by atoms with Crippen molar-refractivity contribution in [1.29, 1.82) is 0 Å². The first kappa shape index (κ1) is 30.5. The summed E-state index contributed by atoms with van der Waals surface area (Å²) in [6.45, 7) is 1.52. The van der Waals surface area contributed by atoms with E-state index in [1.165, 1.54) is 10.9 Å². The van der Waals surface area contributed by atoms with Crippen molar-refractivity contribution in [3.05, 3.63) is 120 Å². The largest absolute Gasteiger partial charge is 0.476 e. The molecule has 0 aliphatic carbocycles. The van der Waals surface area contributed by atoms with Crippen molar-refractivity contribution >= 4 is 28.9 Å². The van der Waals surface area contributed by atoms with E-state index in [1.807, 2.05) is 66.7 Å². The number of carboxylic acid groups (broad SMARTS) is 2. The fourth-order valence-electron chi connectivity index (χ4n) is 6.31. The van der Waals surface area contributed by atoms with Crippen LogP contribution in [0.15, 0.2) is 97.2 Å². The molecule has 236 valence electrons. The third-order valence-electron chi connectivity index (χ3n) is 8.44. The van der Waals surface area contributed by atoms with Crippen molar-refractivity contribution in [3.63, 3.8) is 0 Å². The zero-order valence-electron chi connectivity index (χ0n) is 25.1. The Balaban J connectivity index is 1.27. The molecule has 2 aromatic heterocycles. The molecule has 2 unspecified atom stereocenters. The van der Waals surface area contributed by atoms with Crippen LogP contribution in [-0.2, 0) is 11.3 Å². The van der Waals surface area contributed by atoms with Crippen molar-refractivity contribution in [2.24, 2.45) is 0 Å². The Bertz CT molecular complexity index is 1730. The summed E-state index contributed by atoms with van der Waals surface area (Å²) < 4.78 is 1.46. The van der Waals surface area contributed by atoms with Gasteiger partial charge in [0, 0.05) is 37.4 Å². The molecule has 1 fully saturated rings. The molecule has 2 amide bonds. The number of piperazine rings is 1. The van der Waals surface area contributed by atoms with Crippen LogP contribution in [0.3, 0.4) is 0 Å². The molecule has 2 atom stereocenters. The fraction of sp³-hybridized carbons (Fsp3) is 0.265. The number of nitrogens with one attached hydrogen (secondary N) is 2. The van der Waals surface area contributed by atoms with Gasteiger partial charge in [0.2, 0.25) is 5.91 Å². The van der Waals surface area contributed by atoms with Crippen LogP contribution < -0.4 is 5.32 Å². The summed E-state index contributed by atoms with van der Waals surface area (Å²) in [5.41, 5.74) is 3.65. The number of benzene rings is 3. The summed E-state index contributed by atoms with van der Waals surface area (Å²) in [6, 6.07) is 29.8. The van der Waals surface area contributed by atoms with Crippen molar-refractivity contribution in [2.45, 2.75) is 37.5 Å². The van der Waals surface area contributed by atoms with Crippen molar-refractivity contribution in [1.82, 2.24) is 35.1 Å². The maximum Gasteiger partial charge on any atom is 0.406 e. The monoisotopic (exact) mass is 621 g/mol. The van der Waals surface area contributed by atoms with E-state index in [-0.39, 0.29) is 17.6 Å². The van der Waals surface area contributed by atoms with E-state index in [9.17, 15) is 24.6 Å². The molecule has 12 nitrogen and oxygen atoms in total. The minimum absolute atomic E-state index is 0.124. The summed E-state index contributed by atoms with van der Waals surface area (Å²) in [4.78, 5) is 45.0. The summed E-state index contributed by atoms with van der Waals surface area (Å²) in [5, 5.41) is 30.2. The van der Waals surface area contributed by atoms with E-state index in [4.69, 9.17) is 0 Å². The predicted octanol–water partition coefficient (Wildman–Crippen LogP) is 4.55. The number of carbonyl (C=O) groups is 3. The van der Waals surface area contributed by atoms with Gasteiger partial charge in [-0.1, -0.05) is 84.1 Å². The smallest absolute Gasteiger partial charge is 0.406 e. The molecular weight excluding hydrogens is 586 g/mol. The Morgan fingerprint density at radius 3 is 2.22 bits per heavy atom. The molecule has 1 aliphatic heterocycles. The van der Waals surface area contributed by atoms with Gasteiger partial charge in [-0.05, 0) is 41.5 Å². The Hall–Kier alpha value is -5.49. The average molecular weight is 622 g/mol. The van der Waals surface area contributed by atoms with E-state index in [1.54, 1.807) is 4.90 Å². The van der Waals surface area contributed by atoms with E-state index >= 15 is 0 Å². The van der Waals surface area contributed by atoms with E-state index in [2.05, 4.69) is 49.8 Å². The highest BCUT2D eigenvalue weighted by Crippen LogP contribution is 2.33. The zero-order chi connectivity index (χ0) is 32.0. The number of carboxylic acids is 1. The van der Waals surface area contributed by atoms with Gasteiger partial charge in [0.15, 0.2) is 5.69 Å². The quantitative estimate of drug-likeness (QED) is 0.167. The lowest BCUT2D eigenvalue weighted by Crippen LogP contribution is -2.62. The molecule has 5 aromatic rings. The second-order valence-electron chi connectivity index (χ2n) is 11.4. The molecule has 1 aliphatic rings. The highest BCUT2D eigenvalue weighted by Gasteiger charge is 2.38. The molecule has 1 saturated heterocycles. The van der Waals surface area contributed by atoms with Crippen LogP contribution in [0.2, 0.25) is 0 Å². The Labute approximate surface area is 265 Å². The van der Waals surface area contributed by atoms with Crippen molar-refractivity contribution < 1.29 is 24.6 Å². The van der Waals surface area contributed by atoms with Crippen molar-refractivity contribution in [2.75, 3.05) is 19.6 Å². The SMILES string of the molecule is O=C(O)NC1CN(C(c2ccccc2)c2ccccc2)CCN1C(=O)C(CCCn1cc(C(=O)O)nn1)c1cc2ccccc2[nH]1. The third kappa shape index (κ3) is 6.76. The summed E-state index contributed by atoms with van der Waals surface area (Å²) in [6.07, 6.45) is 0.307. The standard InChI is InChI=1S/C34H35N7O5/c42-32(26(28-20-25-14-7-8-16-27(25)35-28)15-9-17-40-21-29(33(43)44)37-38-40)41-19-18-39(22-30(41)36-34(45)46)31(23-10-3-1-4-11-23)24-12-5-2-6-13-24/h1-8,10-14,16,20-21,26,30-31,35-36H,9,15,17-19,22H2,(H,43,44)(H,45,46). The third-order valence-corrected chi connectivity index (χ3v) is 8.44. The molecule has 3 heterocycles. The second kappa shape index (κ2) is 13.7. The maximum atomic E-state index is 14.5. The van der Waals surface area contributed by atoms with E-state index in [0.29, 0.717) is 39.0 Å². The molecular formula is C34H35N7O5. The molecule has 3 aromatic carbocycles. The van der Waals surface area contributed by atoms with Gasteiger partial charge in [-0.3, -0.25) is 19.7 Å². The normalized spacial score (nSPS) is 16.0. The number of aromatic nitrogens is 4. The van der Waals surface area contributed by atoms with Crippen LogP contribution in [0.5, 0.6) is 0 Å². The average Bonchev–Trinajstić information content (AvgIpc) is 3.72. The number of nitrogens with zero attached hydrogens (tertiary/aromatic N) is 5. The Morgan fingerprint density at radius 2 is 1.59 bits per heavy atom. The van der Waals surface area contributed by atoms with Gasteiger partial charge >= 0.3 is 12.1 Å². The molecule has 46 heavy (non-hydrogen) atoms. The topological polar surface area (TPSA) is 157 Å². The fourth-order valence-corrected chi connectivity index (χ4v) is 6.31. The molecule has 0 radical (unpaired) electrons. The number of H-pyrrole nitrogens is 1. The molecule has 0 saturated carbocycles. The number of hydrogen-bond donors (Lipinski definition) is 4. The van der Waals surface area contributed by atoms with Gasteiger partial charge in [-0.2, -0.15) is 0 Å². The highest BCUT2D eigenvalue weighted by atomic mass is 16.4. The van der Waals surface area contributed by atoms with Gasteiger partial charge in [-0.15, -0.1) is 5.10 Å². The number of aromatic amines is 1. The van der Waals surface area contributed by atoms with Crippen LogP contribution in [0.4, 0.5) is 4.79 Å². The lowest BCUT2D eigenvalue weighted by molar-refractivity contribution is -0.139. The summed E-state index contributed by atoms with van der Waals surface area (Å²) >= 11 is 0.